The molecule has 0 unspecified atom stereocenters. The molecule has 0 spiro atoms. The van der Waals surface area contributed by atoms with Gasteiger partial charge in [0, 0.05) is 6.20 Å². The van der Waals surface area contributed by atoms with Gasteiger partial charge in [0.2, 0.25) is 0 Å². The number of nitrogen functional groups attached to an aromatic ring is 1. The van der Waals surface area contributed by atoms with Gasteiger partial charge in [-0.1, -0.05) is 39.0 Å². The predicted molar refractivity (Wildman–Crippen MR) is 65.7 cm³/mol. The van der Waals surface area contributed by atoms with Crippen LogP contribution in [0.5, 0.6) is 0 Å². The largest absolute Gasteiger partial charge is 0.397 e. The van der Waals surface area contributed by atoms with E-state index in [1.807, 2.05) is 12.3 Å². The number of unbranched alkanes of at least 4 members (excludes halogenated alkanes) is 5. The highest BCUT2D eigenvalue weighted by atomic mass is 14.7. The molecule has 1 aromatic heterocycles. The van der Waals surface area contributed by atoms with E-state index in [9.17, 15) is 0 Å². The Morgan fingerprint density at radius 1 is 1.13 bits per heavy atom. The Hall–Kier alpha value is -1.05. The third-order valence-corrected chi connectivity index (χ3v) is 2.75. The Bertz CT molecular complexity index is 271. The highest BCUT2D eigenvalue weighted by Crippen LogP contribution is 2.13. The smallest absolute Gasteiger partial charge is 0.0533 e. The Balaban J connectivity index is 2.12. The number of hydrogen-bond donors (Lipinski definition) is 1. The molecule has 2 N–H and O–H groups in total. The first kappa shape index (κ1) is 12.0. The molecule has 15 heavy (non-hydrogen) atoms. The summed E-state index contributed by atoms with van der Waals surface area (Å²) < 4.78 is 0. The van der Waals surface area contributed by atoms with Gasteiger partial charge in [-0.2, -0.15) is 0 Å². The Labute approximate surface area is 92.9 Å². The molecular weight excluding hydrogens is 184 g/mol. The number of pyridine rings is 1. The van der Waals surface area contributed by atoms with Gasteiger partial charge in [-0.05, 0) is 24.5 Å². The number of nitrogens with two attached hydrogens (primary N) is 1. The van der Waals surface area contributed by atoms with Crippen LogP contribution in [-0.2, 0) is 6.42 Å². The highest BCUT2D eigenvalue weighted by Gasteiger charge is 1.97. The molecule has 1 aromatic rings. The molecule has 0 bridgehead atoms. The van der Waals surface area contributed by atoms with Crippen LogP contribution in [0.3, 0.4) is 0 Å². The summed E-state index contributed by atoms with van der Waals surface area (Å²) in [5, 5.41) is 0. The van der Waals surface area contributed by atoms with Gasteiger partial charge >= 0.3 is 0 Å². The van der Waals surface area contributed by atoms with Gasteiger partial charge in [0.25, 0.3) is 0 Å². The third kappa shape index (κ3) is 4.82. The molecule has 0 fully saturated rings. The summed E-state index contributed by atoms with van der Waals surface area (Å²) in [7, 11) is 0. The molecule has 0 amide bonds. The van der Waals surface area contributed by atoms with E-state index in [-0.39, 0.29) is 0 Å². The molecule has 0 aliphatic heterocycles. The van der Waals surface area contributed by atoms with E-state index in [1.54, 1.807) is 6.20 Å². The monoisotopic (exact) mass is 206 g/mol. The molecule has 1 rings (SSSR count). The second-order valence-corrected chi connectivity index (χ2v) is 4.09. The number of nitrogens with zero attached hydrogens (tertiary/aromatic N) is 1. The van der Waals surface area contributed by atoms with E-state index in [0.717, 1.165) is 12.1 Å². The second-order valence-electron chi connectivity index (χ2n) is 4.09. The molecule has 0 aromatic carbocycles. The summed E-state index contributed by atoms with van der Waals surface area (Å²) in [4.78, 5) is 3.99. The van der Waals surface area contributed by atoms with Crippen molar-refractivity contribution in [3.8, 4) is 0 Å². The number of anilines is 1. The average Bonchev–Trinajstić information content (AvgIpc) is 2.25. The van der Waals surface area contributed by atoms with Crippen molar-refractivity contribution in [3.05, 3.63) is 24.0 Å². The minimum Gasteiger partial charge on any atom is -0.397 e. The van der Waals surface area contributed by atoms with Crippen LogP contribution in [0.2, 0.25) is 0 Å². The van der Waals surface area contributed by atoms with Gasteiger partial charge in [-0.3, -0.25) is 4.98 Å². The lowest BCUT2D eigenvalue weighted by Crippen LogP contribution is -1.95. The first-order valence-electron chi connectivity index (χ1n) is 6.03. The maximum Gasteiger partial charge on any atom is 0.0533 e. The fourth-order valence-corrected chi connectivity index (χ4v) is 1.76. The zero-order valence-electron chi connectivity index (χ0n) is 9.71. The van der Waals surface area contributed by atoms with Gasteiger partial charge < -0.3 is 5.73 Å². The van der Waals surface area contributed by atoms with E-state index >= 15 is 0 Å². The van der Waals surface area contributed by atoms with Crippen LogP contribution in [0.25, 0.3) is 0 Å². The average molecular weight is 206 g/mol. The molecule has 1 heterocycles. The van der Waals surface area contributed by atoms with Crippen LogP contribution < -0.4 is 5.73 Å². The maximum atomic E-state index is 5.82. The predicted octanol–water partition coefficient (Wildman–Crippen LogP) is 3.57. The van der Waals surface area contributed by atoms with E-state index in [1.165, 1.54) is 44.1 Å². The minimum atomic E-state index is 0.839. The molecule has 0 saturated carbocycles. The van der Waals surface area contributed by atoms with Gasteiger partial charge in [0.15, 0.2) is 0 Å². The quantitative estimate of drug-likeness (QED) is 0.693. The molecule has 0 atom stereocenters. The Morgan fingerprint density at radius 3 is 2.60 bits per heavy atom. The van der Waals surface area contributed by atoms with Crippen molar-refractivity contribution in [2.75, 3.05) is 5.73 Å². The fourth-order valence-electron chi connectivity index (χ4n) is 1.76. The van der Waals surface area contributed by atoms with Crippen LogP contribution in [0, 0.1) is 0 Å². The number of rotatable bonds is 7. The van der Waals surface area contributed by atoms with Crippen molar-refractivity contribution in [2.45, 2.75) is 51.9 Å². The SMILES string of the molecule is CCCCCCCCc1ccncc1N. The van der Waals surface area contributed by atoms with Crippen LogP contribution in [0.1, 0.15) is 51.0 Å². The van der Waals surface area contributed by atoms with E-state index < -0.39 is 0 Å². The summed E-state index contributed by atoms with van der Waals surface area (Å²) in [6.07, 6.45) is 12.7. The van der Waals surface area contributed by atoms with Crippen LogP contribution in [0.15, 0.2) is 18.5 Å². The van der Waals surface area contributed by atoms with Crippen molar-refractivity contribution in [3.63, 3.8) is 0 Å². The molecule has 0 saturated heterocycles. The lowest BCUT2D eigenvalue weighted by atomic mass is 10.1. The Morgan fingerprint density at radius 2 is 1.87 bits per heavy atom. The van der Waals surface area contributed by atoms with Crippen molar-refractivity contribution < 1.29 is 0 Å². The van der Waals surface area contributed by atoms with Crippen molar-refractivity contribution in [1.29, 1.82) is 0 Å². The van der Waals surface area contributed by atoms with Crippen LogP contribution >= 0.6 is 0 Å². The fraction of sp³-hybridized carbons (Fsp3) is 0.615. The van der Waals surface area contributed by atoms with Gasteiger partial charge in [-0.25, -0.2) is 0 Å². The van der Waals surface area contributed by atoms with Gasteiger partial charge in [-0.15, -0.1) is 0 Å². The molecule has 2 nitrogen and oxygen atoms in total. The standard InChI is InChI=1S/C13H22N2/c1-2-3-4-5-6-7-8-12-9-10-15-11-13(12)14/h9-11H,2-8,14H2,1H3. The minimum absolute atomic E-state index is 0.839. The highest BCUT2D eigenvalue weighted by molar-refractivity contribution is 5.43. The Kier molecular flexibility index (Phi) is 5.83. The second kappa shape index (κ2) is 7.27. The molecule has 0 aliphatic carbocycles. The maximum absolute atomic E-state index is 5.82. The molecule has 84 valence electrons. The lowest BCUT2D eigenvalue weighted by molar-refractivity contribution is 0.608. The molecular formula is C13H22N2. The summed E-state index contributed by atoms with van der Waals surface area (Å²) in [6.45, 7) is 2.25. The summed E-state index contributed by atoms with van der Waals surface area (Å²) in [5.41, 5.74) is 7.91. The van der Waals surface area contributed by atoms with E-state index in [4.69, 9.17) is 5.73 Å². The molecule has 2 heteroatoms. The van der Waals surface area contributed by atoms with Gasteiger partial charge in [0.1, 0.15) is 0 Å². The van der Waals surface area contributed by atoms with E-state index in [0.29, 0.717) is 0 Å². The van der Waals surface area contributed by atoms with Crippen LogP contribution in [0.4, 0.5) is 5.69 Å². The molecule has 0 radical (unpaired) electrons. The van der Waals surface area contributed by atoms with Crippen LogP contribution in [-0.4, -0.2) is 4.98 Å². The summed E-state index contributed by atoms with van der Waals surface area (Å²) in [6, 6.07) is 2.03. The zero-order valence-corrected chi connectivity index (χ0v) is 9.71. The third-order valence-electron chi connectivity index (χ3n) is 2.75. The molecule has 0 aliphatic rings. The number of hydrogen-bond acceptors (Lipinski definition) is 2. The van der Waals surface area contributed by atoms with Crippen molar-refractivity contribution in [1.82, 2.24) is 4.98 Å². The number of aryl methyl sites for hydroxylation is 1. The van der Waals surface area contributed by atoms with Crippen molar-refractivity contribution in [2.24, 2.45) is 0 Å². The topological polar surface area (TPSA) is 38.9 Å². The summed E-state index contributed by atoms with van der Waals surface area (Å²) in [5.74, 6) is 0. The summed E-state index contributed by atoms with van der Waals surface area (Å²) >= 11 is 0. The zero-order chi connectivity index (χ0) is 10.9. The first-order chi connectivity index (χ1) is 7.34. The first-order valence-corrected chi connectivity index (χ1v) is 6.03. The van der Waals surface area contributed by atoms with E-state index in [2.05, 4.69) is 11.9 Å². The number of aromatic nitrogens is 1. The van der Waals surface area contributed by atoms with Crippen molar-refractivity contribution >= 4 is 5.69 Å². The normalized spacial score (nSPS) is 10.5. The lowest BCUT2D eigenvalue weighted by Gasteiger charge is -2.04. The van der Waals surface area contributed by atoms with Gasteiger partial charge in [0.05, 0.1) is 11.9 Å².